The smallest absolute Gasteiger partial charge is 0.192 e. The largest absolute Gasteiger partial charge is 0.467 e. The van der Waals surface area contributed by atoms with Crippen molar-refractivity contribution >= 4 is 34.6 Å². The maximum Gasteiger partial charge on any atom is 0.467 e. The highest BCUT2D eigenvalue weighted by molar-refractivity contribution is 7.66. The van der Waals surface area contributed by atoms with Gasteiger partial charge in [0.05, 0.1) is 15.5 Å². The molecule has 1 aromatic rings. The van der Waals surface area contributed by atoms with Gasteiger partial charge < -0.3 is 0 Å². The molecule has 0 radical (unpaired) electrons. The maximum atomic E-state index is 10.6. The second kappa shape index (κ2) is 4.47. The lowest BCUT2D eigenvalue weighted by atomic mass is 10.2. The van der Waals surface area contributed by atoms with E-state index in [4.69, 9.17) is 22.1 Å². The highest BCUT2D eigenvalue weighted by Gasteiger charge is 2.28. The molecule has 0 saturated carbocycles. The van der Waals surface area contributed by atoms with E-state index in [1.165, 1.54) is 0 Å². The van der Waals surface area contributed by atoms with E-state index in [-0.39, 0.29) is 15.8 Å². The summed E-state index contributed by atoms with van der Waals surface area (Å²) in [4.78, 5) is 0.869. The van der Waals surface area contributed by atoms with Crippen molar-refractivity contribution in [2.45, 2.75) is 12.2 Å². The molecule has 0 fully saturated rings. The summed E-state index contributed by atoms with van der Waals surface area (Å²) >= 11 is 7.27. The molecule has 0 N–H and O–H groups in total. The maximum absolute atomic E-state index is 10.6. The summed E-state index contributed by atoms with van der Waals surface area (Å²) in [7, 11) is 0. The molecular formula is C8H4ClN2OS2+. The summed E-state index contributed by atoms with van der Waals surface area (Å²) in [5.41, 5.74) is 0.254. The Morgan fingerprint density at radius 2 is 2.14 bits per heavy atom. The first-order valence-electron chi connectivity index (χ1n) is 3.56. The molecule has 14 heavy (non-hydrogen) atoms. The van der Waals surface area contributed by atoms with Crippen molar-refractivity contribution in [2.75, 3.05) is 0 Å². The number of nitriles is 2. The molecule has 1 aromatic heterocycles. The highest BCUT2D eigenvalue weighted by Crippen LogP contribution is 2.36. The molecule has 3 nitrogen and oxygen atoms in total. The van der Waals surface area contributed by atoms with Crippen LogP contribution in [0.5, 0.6) is 0 Å². The van der Waals surface area contributed by atoms with E-state index in [9.17, 15) is 4.21 Å². The van der Waals surface area contributed by atoms with Crippen LogP contribution < -0.4 is 0 Å². The van der Waals surface area contributed by atoms with Crippen molar-refractivity contribution < 1.29 is 4.21 Å². The SMILES string of the molecule is CC([S+]=O)c1sc(C#N)c(Cl)c1C#N. The van der Waals surface area contributed by atoms with Crippen molar-refractivity contribution in [3.05, 3.63) is 20.3 Å². The second-order valence-corrected chi connectivity index (χ2v) is 4.78. The Bertz CT molecular complexity index is 455. The summed E-state index contributed by atoms with van der Waals surface area (Å²) in [5, 5.41) is 17.3. The lowest BCUT2D eigenvalue weighted by molar-refractivity contribution is 0.601. The Morgan fingerprint density at radius 3 is 2.57 bits per heavy atom. The monoisotopic (exact) mass is 243 g/mol. The van der Waals surface area contributed by atoms with Gasteiger partial charge in [-0.25, -0.2) is 0 Å². The fourth-order valence-corrected chi connectivity index (χ4v) is 2.63. The van der Waals surface area contributed by atoms with Gasteiger partial charge in [-0.2, -0.15) is 10.5 Å². The van der Waals surface area contributed by atoms with Gasteiger partial charge in [0.25, 0.3) is 5.25 Å². The van der Waals surface area contributed by atoms with Crippen LogP contribution in [0.1, 0.15) is 27.5 Å². The summed E-state index contributed by atoms with van der Waals surface area (Å²) < 4.78 is 10.6. The fourth-order valence-electron chi connectivity index (χ4n) is 0.934. The molecular weight excluding hydrogens is 240 g/mol. The summed E-state index contributed by atoms with van der Waals surface area (Å²) in [6.07, 6.45) is 0. The van der Waals surface area contributed by atoms with Gasteiger partial charge in [-0.3, -0.25) is 0 Å². The number of nitrogens with zero attached hydrogens (tertiary/aromatic N) is 2. The number of rotatable bonds is 2. The minimum absolute atomic E-state index is 0.163. The van der Waals surface area contributed by atoms with E-state index >= 15 is 0 Å². The lowest BCUT2D eigenvalue weighted by Gasteiger charge is -1.88. The van der Waals surface area contributed by atoms with Crippen LogP contribution in [0.3, 0.4) is 0 Å². The average molecular weight is 244 g/mol. The van der Waals surface area contributed by atoms with E-state index < -0.39 is 0 Å². The van der Waals surface area contributed by atoms with Crippen LogP contribution in [0.4, 0.5) is 0 Å². The molecule has 0 bridgehead atoms. The first-order chi connectivity index (χ1) is 6.65. The van der Waals surface area contributed by atoms with Gasteiger partial charge in [0.2, 0.25) is 0 Å². The normalized spacial score (nSPS) is 11.4. The highest BCUT2D eigenvalue weighted by atomic mass is 35.5. The van der Waals surface area contributed by atoms with Crippen molar-refractivity contribution in [1.82, 2.24) is 0 Å². The summed E-state index contributed by atoms with van der Waals surface area (Å²) in [6.45, 7) is 1.68. The Hall–Kier alpha value is -1.01. The Balaban J connectivity index is 3.40. The molecule has 0 aliphatic heterocycles. The van der Waals surface area contributed by atoms with Gasteiger partial charge >= 0.3 is 11.7 Å². The number of thiophene rings is 1. The first kappa shape index (κ1) is 11.1. The van der Waals surface area contributed by atoms with Gasteiger partial charge in [0, 0.05) is 11.1 Å². The van der Waals surface area contributed by atoms with E-state index in [1.54, 1.807) is 6.92 Å². The van der Waals surface area contributed by atoms with Gasteiger partial charge in [-0.1, -0.05) is 11.6 Å². The molecule has 1 unspecified atom stereocenters. The Kier molecular flexibility index (Phi) is 3.54. The Labute approximate surface area is 94.0 Å². The minimum Gasteiger partial charge on any atom is -0.192 e. The summed E-state index contributed by atoms with van der Waals surface area (Å²) in [6, 6.07) is 3.80. The molecule has 1 heterocycles. The van der Waals surface area contributed by atoms with E-state index in [1.807, 2.05) is 12.1 Å². The molecule has 0 aliphatic rings. The molecule has 0 aromatic carbocycles. The zero-order valence-electron chi connectivity index (χ0n) is 7.07. The topological polar surface area (TPSA) is 64.7 Å². The van der Waals surface area contributed by atoms with E-state index in [0.717, 1.165) is 11.3 Å². The van der Waals surface area contributed by atoms with Crippen LogP contribution in [0.25, 0.3) is 0 Å². The molecule has 0 aliphatic carbocycles. The third-order valence-corrected chi connectivity index (χ3v) is 4.04. The summed E-state index contributed by atoms with van der Waals surface area (Å²) in [5.74, 6) is 0. The third kappa shape index (κ3) is 1.76. The molecule has 6 heteroatoms. The quantitative estimate of drug-likeness (QED) is 0.750. The first-order valence-corrected chi connectivity index (χ1v) is 5.56. The van der Waals surface area contributed by atoms with Crippen LogP contribution in [-0.2, 0) is 15.9 Å². The fraction of sp³-hybridized carbons (Fsp3) is 0.250. The predicted molar refractivity (Wildman–Crippen MR) is 55.2 cm³/mol. The second-order valence-electron chi connectivity index (χ2n) is 2.45. The van der Waals surface area contributed by atoms with Crippen LogP contribution in [0.2, 0.25) is 5.02 Å². The van der Waals surface area contributed by atoms with Crippen LogP contribution in [0, 0.1) is 22.7 Å². The molecule has 0 spiro atoms. The van der Waals surface area contributed by atoms with Crippen molar-refractivity contribution in [3.63, 3.8) is 0 Å². The van der Waals surface area contributed by atoms with Crippen molar-refractivity contribution in [3.8, 4) is 12.1 Å². The standard InChI is InChI=1S/C8H4ClN2OS2/c1-4(14-12)8-5(2-10)7(9)6(3-11)13-8/h4H,1H3/q+1. The van der Waals surface area contributed by atoms with Gasteiger partial charge in [0.1, 0.15) is 17.0 Å². The zero-order chi connectivity index (χ0) is 10.7. The molecule has 1 atom stereocenters. The van der Waals surface area contributed by atoms with E-state index in [2.05, 4.69) is 0 Å². The molecule has 70 valence electrons. The number of hydrogen-bond acceptors (Lipinski definition) is 4. The molecule has 1 rings (SSSR count). The zero-order valence-corrected chi connectivity index (χ0v) is 9.46. The predicted octanol–water partition coefficient (Wildman–Crippen LogP) is 2.63. The average Bonchev–Trinajstić information content (AvgIpc) is 2.53. The van der Waals surface area contributed by atoms with E-state index in [0.29, 0.717) is 21.4 Å². The Morgan fingerprint density at radius 1 is 1.50 bits per heavy atom. The van der Waals surface area contributed by atoms with Crippen LogP contribution in [-0.4, -0.2) is 0 Å². The van der Waals surface area contributed by atoms with Gasteiger partial charge in [0.15, 0.2) is 0 Å². The minimum atomic E-state index is -0.353. The molecule has 0 amide bonds. The molecule has 0 saturated heterocycles. The van der Waals surface area contributed by atoms with Crippen LogP contribution in [0.15, 0.2) is 0 Å². The number of halogens is 1. The lowest BCUT2D eigenvalue weighted by Crippen LogP contribution is -1.89. The van der Waals surface area contributed by atoms with Gasteiger partial charge in [-0.05, 0) is 0 Å². The number of hydrogen-bond donors (Lipinski definition) is 0. The van der Waals surface area contributed by atoms with Crippen molar-refractivity contribution in [1.29, 1.82) is 10.5 Å². The van der Waals surface area contributed by atoms with Crippen LogP contribution >= 0.6 is 22.9 Å². The van der Waals surface area contributed by atoms with Gasteiger partial charge in [-0.15, -0.1) is 11.3 Å². The third-order valence-electron chi connectivity index (χ3n) is 1.60. The van der Waals surface area contributed by atoms with Crippen molar-refractivity contribution in [2.24, 2.45) is 0 Å².